The molecular formula is C15H25NOS. The molecule has 0 heterocycles. The average Bonchev–Trinajstić information content (AvgIpc) is 2.32. The summed E-state index contributed by atoms with van der Waals surface area (Å²) in [5.74, 6) is 2.18. The van der Waals surface area contributed by atoms with Crippen LogP contribution in [0.25, 0.3) is 0 Å². The first kappa shape index (κ1) is 15.5. The number of ether oxygens (including phenoxy) is 1. The van der Waals surface area contributed by atoms with Gasteiger partial charge in [-0.2, -0.15) is 11.8 Å². The summed E-state index contributed by atoms with van der Waals surface area (Å²) in [4.78, 5) is 0. The molecule has 1 aromatic rings. The van der Waals surface area contributed by atoms with E-state index in [0.717, 1.165) is 24.5 Å². The van der Waals surface area contributed by atoms with Gasteiger partial charge >= 0.3 is 0 Å². The summed E-state index contributed by atoms with van der Waals surface area (Å²) in [6, 6.07) is 6.75. The Balaban J connectivity index is 2.28. The predicted molar refractivity (Wildman–Crippen MR) is 81.2 cm³/mol. The van der Waals surface area contributed by atoms with Gasteiger partial charge in [0.2, 0.25) is 0 Å². The van der Waals surface area contributed by atoms with Gasteiger partial charge in [-0.25, -0.2) is 0 Å². The summed E-state index contributed by atoms with van der Waals surface area (Å²) in [5, 5.41) is 0. The second kappa shape index (κ2) is 8.57. The highest BCUT2D eigenvalue weighted by Gasteiger charge is 2.05. The topological polar surface area (TPSA) is 35.2 Å². The van der Waals surface area contributed by atoms with Crippen molar-refractivity contribution in [2.75, 3.05) is 18.9 Å². The standard InChI is InChI=1S/C15H25NOS/c1-4-17-15(10-16)5-6-18-11-14-8-12(2)7-13(3)9-14/h7-9,15H,4-6,10-11,16H2,1-3H3. The fourth-order valence-electron chi connectivity index (χ4n) is 2.06. The smallest absolute Gasteiger partial charge is 0.0705 e. The Morgan fingerprint density at radius 3 is 2.44 bits per heavy atom. The van der Waals surface area contributed by atoms with Crippen molar-refractivity contribution in [3.8, 4) is 0 Å². The second-order valence-electron chi connectivity index (χ2n) is 4.65. The zero-order valence-electron chi connectivity index (χ0n) is 11.7. The molecule has 0 saturated carbocycles. The lowest BCUT2D eigenvalue weighted by molar-refractivity contribution is 0.0674. The van der Waals surface area contributed by atoms with Crippen LogP contribution < -0.4 is 5.73 Å². The van der Waals surface area contributed by atoms with Gasteiger partial charge in [0.1, 0.15) is 0 Å². The number of hydrogen-bond acceptors (Lipinski definition) is 3. The van der Waals surface area contributed by atoms with Crippen molar-refractivity contribution >= 4 is 11.8 Å². The minimum absolute atomic E-state index is 0.224. The summed E-state index contributed by atoms with van der Waals surface area (Å²) < 4.78 is 5.54. The molecule has 2 nitrogen and oxygen atoms in total. The van der Waals surface area contributed by atoms with Crippen molar-refractivity contribution in [1.82, 2.24) is 0 Å². The predicted octanol–water partition coefficient (Wildman–Crippen LogP) is 3.29. The Morgan fingerprint density at radius 1 is 1.22 bits per heavy atom. The molecule has 0 aliphatic heterocycles. The van der Waals surface area contributed by atoms with Crippen molar-refractivity contribution in [2.45, 2.75) is 39.0 Å². The number of rotatable bonds is 8. The van der Waals surface area contributed by atoms with Gasteiger partial charge in [-0.3, -0.25) is 0 Å². The lowest BCUT2D eigenvalue weighted by Crippen LogP contribution is -2.24. The second-order valence-corrected chi connectivity index (χ2v) is 5.76. The van der Waals surface area contributed by atoms with Crippen LogP contribution in [0.5, 0.6) is 0 Å². The molecule has 0 fully saturated rings. The van der Waals surface area contributed by atoms with Crippen molar-refractivity contribution < 1.29 is 4.74 Å². The van der Waals surface area contributed by atoms with E-state index in [0.29, 0.717) is 6.54 Å². The van der Waals surface area contributed by atoms with Gasteiger partial charge in [0.25, 0.3) is 0 Å². The van der Waals surface area contributed by atoms with Crippen molar-refractivity contribution in [3.05, 3.63) is 34.9 Å². The van der Waals surface area contributed by atoms with Gasteiger partial charge in [-0.05, 0) is 38.5 Å². The van der Waals surface area contributed by atoms with Gasteiger partial charge in [-0.15, -0.1) is 0 Å². The molecule has 1 unspecified atom stereocenters. The Kier molecular flexibility index (Phi) is 7.40. The van der Waals surface area contributed by atoms with Crippen LogP contribution in [0.2, 0.25) is 0 Å². The van der Waals surface area contributed by atoms with Crippen LogP contribution in [0.1, 0.15) is 30.0 Å². The molecule has 0 aliphatic carbocycles. The highest BCUT2D eigenvalue weighted by molar-refractivity contribution is 7.98. The van der Waals surface area contributed by atoms with Gasteiger partial charge in [-0.1, -0.05) is 29.3 Å². The van der Waals surface area contributed by atoms with Crippen LogP contribution in [0, 0.1) is 13.8 Å². The molecule has 102 valence electrons. The first-order chi connectivity index (χ1) is 8.65. The van der Waals surface area contributed by atoms with Crippen LogP contribution in [0.3, 0.4) is 0 Å². The highest BCUT2D eigenvalue weighted by atomic mass is 32.2. The first-order valence-electron chi connectivity index (χ1n) is 6.62. The summed E-state index contributed by atoms with van der Waals surface area (Å²) >= 11 is 1.96. The van der Waals surface area contributed by atoms with Crippen LogP contribution in [-0.2, 0) is 10.5 Å². The Morgan fingerprint density at radius 2 is 1.89 bits per heavy atom. The van der Waals surface area contributed by atoms with E-state index in [-0.39, 0.29) is 6.10 Å². The van der Waals surface area contributed by atoms with Gasteiger partial charge in [0.15, 0.2) is 0 Å². The molecule has 18 heavy (non-hydrogen) atoms. The van der Waals surface area contributed by atoms with E-state index in [9.17, 15) is 0 Å². The van der Waals surface area contributed by atoms with Gasteiger partial charge < -0.3 is 10.5 Å². The Hall–Kier alpha value is -0.510. The first-order valence-corrected chi connectivity index (χ1v) is 7.77. The monoisotopic (exact) mass is 267 g/mol. The third-order valence-electron chi connectivity index (χ3n) is 2.80. The largest absolute Gasteiger partial charge is 0.377 e. The molecule has 0 radical (unpaired) electrons. The fourth-order valence-corrected chi connectivity index (χ4v) is 3.04. The molecule has 0 saturated heterocycles. The van der Waals surface area contributed by atoms with Crippen LogP contribution in [0.4, 0.5) is 0 Å². The summed E-state index contributed by atoms with van der Waals surface area (Å²) in [6.07, 6.45) is 1.27. The maximum absolute atomic E-state index is 5.66. The average molecular weight is 267 g/mol. The van der Waals surface area contributed by atoms with E-state index in [4.69, 9.17) is 10.5 Å². The Labute approximate surface area is 115 Å². The lowest BCUT2D eigenvalue weighted by atomic mass is 10.1. The van der Waals surface area contributed by atoms with E-state index in [1.807, 2.05) is 18.7 Å². The minimum Gasteiger partial charge on any atom is -0.377 e. The summed E-state index contributed by atoms with van der Waals surface area (Å²) in [7, 11) is 0. The van der Waals surface area contributed by atoms with E-state index in [1.165, 1.54) is 16.7 Å². The molecule has 0 spiro atoms. The quantitative estimate of drug-likeness (QED) is 0.734. The number of aryl methyl sites for hydroxylation is 2. The number of benzene rings is 1. The fraction of sp³-hybridized carbons (Fsp3) is 0.600. The molecule has 3 heteroatoms. The number of nitrogens with two attached hydrogens (primary N) is 1. The maximum atomic E-state index is 5.66. The van der Waals surface area contributed by atoms with Crippen LogP contribution in [-0.4, -0.2) is 25.0 Å². The maximum Gasteiger partial charge on any atom is 0.0705 e. The van der Waals surface area contributed by atoms with Crippen molar-refractivity contribution in [1.29, 1.82) is 0 Å². The van der Waals surface area contributed by atoms with Crippen molar-refractivity contribution in [2.24, 2.45) is 5.73 Å². The number of hydrogen-bond donors (Lipinski definition) is 1. The molecule has 0 amide bonds. The molecule has 1 aromatic carbocycles. The van der Waals surface area contributed by atoms with Crippen molar-refractivity contribution in [3.63, 3.8) is 0 Å². The molecule has 2 N–H and O–H groups in total. The highest BCUT2D eigenvalue weighted by Crippen LogP contribution is 2.17. The zero-order chi connectivity index (χ0) is 13.4. The van der Waals surface area contributed by atoms with E-state index in [1.54, 1.807) is 0 Å². The van der Waals surface area contributed by atoms with Gasteiger partial charge in [0.05, 0.1) is 6.10 Å². The third-order valence-corrected chi connectivity index (χ3v) is 3.86. The molecule has 0 bridgehead atoms. The minimum atomic E-state index is 0.224. The zero-order valence-corrected chi connectivity index (χ0v) is 12.6. The molecule has 0 aliphatic rings. The van der Waals surface area contributed by atoms with E-state index < -0.39 is 0 Å². The summed E-state index contributed by atoms with van der Waals surface area (Å²) in [5.41, 5.74) is 9.77. The number of thioether (sulfide) groups is 1. The van der Waals surface area contributed by atoms with E-state index >= 15 is 0 Å². The van der Waals surface area contributed by atoms with E-state index in [2.05, 4.69) is 32.0 Å². The molecule has 0 aromatic heterocycles. The molecular weight excluding hydrogens is 242 g/mol. The molecule has 1 rings (SSSR count). The van der Waals surface area contributed by atoms with Crippen LogP contribution in [0.15, 0.2) is 18.2 Å². The van der Waals surface area contributed by atoms with Crippen LogP contribution >= 0.6 is 11.8 Å². The molecule has 1 atom stereocenters. The SMILES string of the molecule is CCOC(CN)CCSCc1cc(C)cc(C)c1. The normalized spacial score (nSPS) is 12.7. The lowest BCUT2D eigenvalue weighted by Gasteiger charge is -2.14. The summed E-state index contributed by atoms with van der Waals surface area (Å²) in [6.45, 7) is 7.70. The van der Waals surface area contributed by atoms with Gasteiger partial charge in [0, 0.05) is 18.9 Å². The Bertz CT molecular complexity index is 334. The third kappa shape index (κ3) is 5.89.